The second-order valence-electron chi connectivity index (χ2n) is 8.07. The predicted molar refractivity (Wildman–Crippen MR) is 123 cm³/mol. The van der Waals surface area contributed by atoms with E-state index in [1.165, 1.54) is 11.9 Å². The first kappa shape index (κ1) is 26.2. The average Bonchev–Trinajstić information content (AvgIpc) is 2.83. The van der Waals surface area contributed by atoms with Crippen LogP contribution in [0.4, 0.5) is 0 Å². The standard InChI is InChI=1S/C24H35N3O6/c1-4-6-15-33-20-9-7-18(8-10-20)23(30)25-16-21(28)26(3)17-22(29)27-13-11-19(12-14-27)24(31)32-5-2/h7-10,19H,4-6,11-17H2,1-3H3,(H,25,30). The molecule has 0 spiro atoms. The van der Waals surface area contributed by atoms with Crippen LogP contribution in [-0.2, 0) is 19.1 Å². The highest BCUT2D eigenvalue weighted by molar-refractivity contribution is 5.96. The van der Waals surface area contributed by atoms with Crippen LogP contribution >= 0.6 is 0 Å². The Morgan fingerprint density at radius 1 is 1.09 bits per heavy atom. The number of nitrogens with one attached hydrogen (secondary N) is 1. The highest BCUT2D eigenvalue weighted by Crippen LogP contribution is 2.19. The fourth-order valence-electron chi connectivity index (χ4n) is 3.45. The molecule has 0 atom stereocenters. The van der Waals surface area contributed by atoms with Crippen LogP contribution in [0.25, 0.3) is 0 Å². The van der Waals surface area contributed by atoms with Crippen molar-refractivity contribution in [1.82, 2.24) is 15.1 Å². The number of amides is 3. The van der Waals surface area contributed by atoms with E-state index in [0.29, 0.717) is 50.5 Å². The van der Waals surface area contributed by atoms with Crippen LogP contribution in [0.3, 0.4) is 0 Å². The fourth-order valence-corrected chi connectivity index (χ4v) is 3.45. The van der Waals surface area contributed by atoms with Crippen LogP contribution in [0.5, 0.6) is 5.75 Å². The Bertz CT molecular complexity index is 803. The van der Waals surface area contributed by atoms with E-state index < -0.39 is 0 Å². The number of unbranched alkanes of at least 4 members (excludes halogenated alkanes) is 1. The van der Waals surface area contributed by atoms with Crippen LogP contribution in [-0.4, -0.2) is 79.9 Å². The van der Waals surface area contributed by atoms with E-state index >= 15 is 0 Å². The third-order valence-electron chi connectivity index (χ3n) is 5.55. The van der Waals surface area contributed by atoms with Crippen molar-refractivity contribution in [3.05, 3.63) is 29.8 Å². The Morgan fingerprint density at radius 2 is 1.76 bits per heavy atom. The summed E-state index contributed by atoms with van der Waals surface area (Å²) < 4.78 is 10.6. The molecule has 182 valence electrons. The molecule has 0 unspecified atom stereocenters. The van der Waals surface area contributed by atoms with E-state index in [0.717, 1.165) is 12.8 Å². The number of carbonyl (C=O) groups is 4. The van der Waals surface area contributed by atoms with Gasteiger partial charge in [-0.15, -0.1) is 0 Å². The first-order valence-corrected chi connectivity index (χ1v) is 11.5. The van der Waals surface area contributed by atoms with Crippen molar-refractivity contribution in [2.45, 2.75) is 39.5 Å². The van der Waals surface area contributed by atoms with Gasteiger partial charge in [0, 0.05) is 25.7 Å². The smallest absolute Gasteiger partial charge is 0.309 e. The maximum absolute atomic E-state index is 12.5. The van der Waals surface area contributed by atoms with Crippen LogP contribution in [0.2, 0.25) is 0 Å². The molecular formula is C24H35N3O6. The molecule has 0 radical (unpaired) electrons. The third kappa shape index (κ3) is 8.40. The van der Waals surface area contributed by atoms with Crippen molar-refractivity contribution in [2.24, 2.45) is 5.92 Å². The molecule has 9 nitrogen and oxygen atoms in total. The zero-order chi connectivity index (χ0) is 24.2. The van der Waals surface area contributed by atoms with Gasteiger partial charge in [-0.3, -0.25) is 19.2 Å². The number of esters is 1. The zero-order valence-corrected chi connectivity index (χ0v) is 19.8. The Kier molecular flexibility index (Phi) is 10.7. The maximum Gasteiger partial charge on any atom is 0.309 e. The number of nitrogens with zero attached hydrogens (tertiary/aromatic N) is 2. The molecule has 1 aromatic rings. The Hall–Kier alpha value is -3.10. The van der Waals surface area contributed by atoms with E-state index in [1.807, 2.05) is 0 Å². The van der Waals surface area contributed by atoms with Gasteiger partial charge in [0.05, 0.1) is 32.2 Å². The molecule has 0 aliphatic carbocycles. The van der Waals surface area contributed by atoms with E-state index in [2.05, 4.69) is 12.2 Å². The molecule has 1 fully saturated rings. The summed E-state index contributed by atoms with van der Waals surface area (Å²) >= 11 is 0. The largest absolute Gasteiger partial charge is 0.494 e. The molecule has 0 bridgehead atoms. The summed E-state index contributed by atoms with van der Waals surface area (Å²) in [5, 5.41) is 2.59. The van der Waals surface area contributed by atoms with Gasteiger partial charge in [-0.1, -0.05) is 13.3 Å². The molecule has 3 amide bonds. The van der Waals surface area contributed by atoms with Crippen molar-refractivity contribution in [3.63, 3.8) is 0 Å². The van der Waals surface area contributed by atoms with Gasteiger partial charge in [0.25, 0.3) is 5.91 Å². The van der Waals surface area contributed by atoms with Crippen LogP contribution in [0, 0.1) is 5.92 Å². The number of hydrogen-bond acceptors (Lipinski definition) is 6. The lowest BCUT2D eigenvalue weighted by molar-refractivity contribution is -0.151. The summed E-state index contributed by atoms with van der Waals surface area (Å²) in [5.41, 5.74) is 0.425. The maximum atomic E-state index is 12.5. The van der Waals surface area contributed by atoms with Crippen molar-refractivity contribution < 1.29 is 28.7 Å². The molecule has 1 N–H and O–H groups in total. The van der Waals surface area contributed by atoms with Gasteiger partial charge in [-0.2, -0.15) is 0 Å². The average molecular weight is 462 g/mol. The Labute approximate surface area is 195 Å². The number of rotatable bonds is 11. The molecule has 1 saturated heterocycles. The zero-order valence-electron chi connectivity index (χ0n) is 19.8. The lowest BCUT2D eigenvalue weighted by atomic mass is 9.97. The van der Waals surface area contributed by atoms with Crippen LogP contribution in [0.15, 0.2) is 24.3 Å². The summed E-state index contributed by atoms with van der Waals surface area (Å²) in [6, 6.07) is 6.74. The lowest BCUT2D eigenvalue weighted by Crippen LogP contribution is -2.47. The molecule has 1 aliphatic heterocycles. The van der Waals surface area contributed by atoms with Gasteiger partial charge < -0.3 is 24.6 Å². The number of ether oxygens (including phenoxy) is 2. The Balaban J connectivity index is 1.73. The van der Waals surface area contributed by atoms with Crippen LogP contribution in [0.1, 0.15) is 49.9 Å². The molecule has 33 heavy (non-hydrogen) atoms. The van der Waals surface area contributed by atoms with Gasteiger partial charge in [0.15, 0.2) is 0 Å². The molecular weight excluding hydrogens is 426 g/mol. The van der Waals surface area contributed by atoms with Gasteiger partial charge >= 0.3 is 5.97 Å². The van der Waals surface area contributed by atoms with E-state index in [9.17, 15) is 19.2 Å². The summed E-state index contributed by atoms with van der Waals surface area (Å²) in [5.74, 6) is -0.618. The van der Waals surface area contributed by atoms with Gasteiger partial charge in [0.1, 0.15) is 5.75 Å². The lowest BCUT2D eigenvalue weighted by Gasteiger charge is -2.32. The first-order valence-electron chi connectivity index (χ1n) is 11.5. The fraction of sp³-hybridized carbons (Fsp3) is 0.583. The summed E-state index contributed by atoms with van der Waals surface area (Å²) in [6.07, 6.45) is 3.12. The van der Waals surface area contributed by atoms with Crippen molar-refractivity contribution in [2.75, 3.05) is 46.4 Å². The monoisotopic (exact) mass is 461 g/mol. The van der Waals surface area contributed by atoms with Crippen molar-refractivity contribution in [3.8, 4) is 5.75 Å². The quantitative estimate of drug-likeness (QED) is 0.398. The number of benzene rings is 1. The van der Waals surface area contributed by atoms with Crippen molar-refractivity contribution >= 4 is 23.7 Å². The summed E-state index contributed by atoms with van der Waals surface area (Å²) in [7, 11) is 1.53. The molecule has 1 aromatic carbocycles. The van der Waals surface area contributed by atoms with Crippen LogP contribution < -0.4 is 10.1 Å². The summed E-state index contributed by atoms with van der Waals surface area (Å²) in [4.78, 5) is 52.0. The predicted octanol–water partition coefficient (Wildman–Crippen LogP) is 1.86. The second kappa shape index (κ2) is 13.4. The van der Waals surface area contributed by atoms with E-state index in [-0.39, 0.29) is 42.7 Å². The minimum atomic E-state index is -0.371. The van der Waals surface area contributed by atoms with Crippen molar-refractivity contribution in [1.29, 1.82) is 0 Å². The third-order valence-corrected chi connectivity index (χ3v) is 5.55. The number of likely N-dealkylation sites (tertiary alicyclic amines) is 1. The first-order chi connectivity index (χ1) is 15.8. The topological polar surface area (TPSA) is 105 Å². The minimum absolute atomic E-state index is 0.0808. The number of carbonyl (C=O) groups excluding carboxylic acids is 4. The Morgan fingerprint density at radius 3 is 2.36 bits per heavy atom. The number of hydrogen-bond donors (Lipinski definition) is 1. The molecule has 9 heteroatoms. The number of piperidine rings is 1. The highest BCUT2D eigenvalue weighted by Gasteiger charge is 2.29. The highest BCUT2D eigenvalue weighted by atomic mass is 16.5. The molecule has 1 heterocycles. The second-order valence-corrected chi connectivity index (χ2v) is 8.07. The normalized spacial score (nSPS) is 13.8. The van der Waals surface area contributed by atoms with Gasteiger partial charge in [0.2, 0.25) is 11.8 Å². The SMILES string of the molecule is CCCCOc1ccc(C(=O)NCC(=O)N(C)CC(=O)N2CCC(C(=O)OCC)CC2)cc1. The van der Waals surface area contributed by atoms with Gasteiger partial charge in [-0.05, 0) is 50.5 Å². The molecule has 1 aliphatic rings. The molecule has 2 rings (SSSR count). The van der Waals surface area contributed by atoms with E-state index in [4.69, 9.17) is 9.47 Å². The minimum Gasteiger partial charge on any atom is -0.494 e. The molecule has 0 aromatic heterocycles. The number of likely N-dealkylation sites (N-methyl/N-ethyl adjacent to an activating group) is 1. The molecule has 0 saturated carbocycles. The van der Waals surface area contributed by atoms with Gasteiger partial charge in [-0.25, -0.2) is 0 Å². The van der Waals surface area contributed by atoms with E-state index in [1.54, 1.807) is 36.1 Å². The summed E-state index contributed by atoms with van der Waals surface area (Å²) in [6.45, 7) is 5.46.